The molecule has 0 atom stereocenters. The van der Waals surface area contributed by atoms with Crippen LogP contribution in [-0.2, 0) is 0 Å². The molecule has 0 unspecified atom stereocenters. The molecule has 0 radical (unpaired) electrons. The van der Waals surface area contributed by atoms with Crippen LogP contribution in [0.5, 0.6) is 5.75 Å². The third kappa shape index (κ3) is 2.21. The number of aromatic nitrogens is 2. The molecule has 0 saturated carbocycles. The van der Waals surface area contributed by atoms with Gasteiger partial charge < -0.3 is 9.72 Å². The molecule has 4 nitrogen and oxygen atoms in total. The van der Waals surface area contributed by atoms with E-state index in [1.165, 1.54) is 23.1 Å². The van der Waals surface area contributed by atoms with Gasteiger partial charge in [0.2, 0.25) is 0 Å². The fourth-order valence-corrected chi connectivity index (χ4v) is 3.27. The van der Waals surface area contributed by atoms with Crippen LogP contribution >= 0.6 is 23.1 Å². The molecular weight excluding hydrogens is 292 g/mol. The zero-order valence-corrected chi connectivity index (χ0v) is 12.6. The molecule has 0 spiro atoms. The minimum absolute atomic E-state index is 0.0795. The van der Waals surface area contributed by atoms with Crippen molar-refractivity contribution in [2.45, 2.75) is 5.16 Å². The van der Waals surface area contributed by atoms with E-state index in [0.29, 0.717) is 9.86 Å². The number of benzene rings is 1. The van der Waals surface area contributed by atoms with Gasteiger partial charge in [-0.15, -0.1) is 11.3 Å². The van der Waals surface area contributed by atoms with Crippen molar-refractivity contribution in [3.05, 3.63) is 40.0 Å². The number of hydrogen-bond donors (Lipinski definition) is 1. The molecule has 102 valence electrons. The predicted octanol–water partition coefficient (Wildman–Crippen LogP) is 3.38. The molecule has 3 aromatic rings. The van der Waals surface area contributed by atoms with Gasteiger partial charge in [0, 0.05) is 10.9 Å². The van der Waals surface area contributed by atoms with Gasteiger partial charge >= 0.3 is 0 Å². The Labute approximate surface area is 123 Å². The van der Waals surface area contributed by atoms with E-state index in [0.717, 1.165) is 22.4 Å². The molecular formula is C14H12N2O2S2. The van der Waals surface area contributed by atoms with Crippen LogP contribution in [0.15, 0.2) is 39.6 Å². The molecule has 0 amide bonds. The van der Waals surface area contributed by atoms with Gasteiger partial charge in [0.05, 0.1) is 12.6 Å². The van der Waals surface area contributed by atoms with Crippen LogP contribution in [0.25, 0.3) is 21.3 Å². The maximum absolute atomic E-state index is 12.0. The van der Waals surface area contributed by atoms with Crippen molar-refractivity contribution < 1.29 is 4.74 Å². The Morgan fingerprint density at radius 3 is 2.70 bits per heavy atom. The first-order chi connectivity index (χ1) is 9.72. The number of aromatic amines is 1. The first-order valence-electron chi connectivity index (χ1n) is 5.93. The van der Waals surface area contributed by atoms with Crippen molar-refractivity contribution in [1.29, 1.82) is 0 Å². The quantitative estimate of drug-likeness (QED) is 0.595. The Balaban J connectivity index is 2.20. The lowest BCUT2D eigenvalue weighted by Gasteiger charge is -2.03. The highest BCUT2D eigenvalue weighted by Gasteiger charge is 2.12. The van der Waals surface area contributed by atoms with Gasteiger partial charge in [-0.1, -0.05) is 23.9 Å². The van der Waals surface area contributed by atoms with Gasteiger partial charge in [-0.05, 0) is 24.0 Å². The number of H-pyrrole nitrogens is 1. The number of hydrogen-bond acceptors (Lipinski definition) is 5. The molecule has 3 rings (SSSR count). The predicted molar refractivity (Wildman–Crippen MR) is 84.0 cm³/mol. The summed E-state index contributed by atoms with van der Waals surface area (Å²) in [5, 5.41) is 2.61. The number of ether oxygens (including phenoxy) is 1. The van der Waals surface area contributed by atoms with Crippen molar-refractivity contribution in [2.75, 3.05) is 13.4 Å². The standard InChI is InChI=1S/C14H12N2O2S2/c1-18-9-5-3-8(4-6-9)10-7-20-12-11(10)15-14(19-2)16-13(12)17/h3-7H,1-2H3,(H,15,16,17). The summed E-state index contributed by atoms with van der Waals surface area (Å²) in [7, 11) is 1.64. The van der Waals surface area contributed by atoms with Crippen molar-refractivity contribution in [2.24, 2.45) is 0 Å². The fourth-order valence-electron chi connectivity index (χ4n) is 1.98. The van der Waals surface area contributed by atoms with Gasteiger partial charge in [-0.2, -0.15) is 0 Å². The van der Waals surface area contributed by atoms with E-state index >= 15 is 0 Å². The van der Waals surface area contributed by atoms with Crippen LogP contribution in [0.3, 0.4) is 0 Å². The summed E-state index contributed by atoms with van der Waals surface area (Å²) in [5.74, 6) is 0.809. The van der Waals surface area contributed by atoms with Crippen LogP contribution in [-0.4, -0.2) is 23.3 Å². The number of nitrogens with one attached hydrogen (secondary N) is 1. The lowest BCUT2D eigenvalue weighted by molar-refractivity contribution is 0.415. The monoisotopic (exact) mass is 304 g/mol. The summed E-state index contributed by atoms with van der Waals surface area (Å²) >= 11 is 2.85. The second-order valence-corrected chi connectivity index (χ2v) is 5.81. The van der Waals surface area contributed by atoms with Crippen LogP contribution in [0, 0.1) is 0 Å². The van der Waals surface area contributed by atoms with E-state index in [-0.39, 0.29) is 5.56 Å². The van der Waals surface area contributed by atoms with Crippen molar-refractivity contribution in [3.63, 3.8) is 0 Å². The maximum atomic E-state index is 12.0. The number of nitrogens with zero attached hydrogens (tertiary/aromatic N) is 1. The van der Waals surface area contributed by atoms with Crippen LogP contribution in [0.4, 0.5) is 0 Å². The topological polar surface area (TPSA) is 55.0 Å². The fraction of sp³-hybridized carbons (Fsp3) is 0.143. The summed E-state index contributed by atoms with van der Waals surface area (Å²) < 4.78 is 5.82. The normalized spacial score (nSPS) is 10.9. The molecule has 0 saturated heterocycles. The Hall–Kier alpha value is -1.79. The lowest BCUT2D eigenvalue weighted by atomic mass is 10.1. The Bertz CT molecular complexity index is 806. The largest absolute Gasteiger partial charge is 0.497 e. The summed E-state index contributed by atoms with van der Waals surface area (Å²) in [6, 6.07) is 7.76. The van der Waals surface area contributed by atoms with Gasteiger partial charge in [0.1, 0.15) is 10.4 Å². The number of thiophene rings is 1. The van der Waals surface area contributed by atoms with E-state index in [1.54, 1.807) is 7.11 Å². The maximum Gasteiger partial charge on any atom is 0.269 e. The smallest absolute Gasteiger partial charge is 0.269 e. The van der Waals surface area contributed by atoms with E-state index in [1.807, 2.05) is 35.9 Å². The highest BCUT2D eigenvalue weighted by atomic mass is 32.2. The van der Waals surface area contributed by atoms with Crippen molar-refractivity contribution >= 4 is 33.3 Å². The highest BCUT2D eigenvalue weighted by Crippen LogP contribution is 2.32. The lowest BCUT2D eigenvalue weighted by Crippen LogP contribution is -2.07. The second-order valence-electron chi connectivity index (χ2n) is 4.13. The summed E-state index contributed by atoms with van der Waals surface area (Å²) in [6.07, 6.45) is 1.89. The SMILES string of the molecule is COc1ccc(-c2csc3c(=O)[nH]c(SC)nc23)cc1. The van der Waals surface area contributed by atoms with E-state index in [4.69, 9.17) is 4.74 Å². The first kappa shape index (κ1) is 13.2. The molecule has 2 heterocycles. The molecule has 20 heavy (non-hydrogen) atoms. The van der Waals surface area contributed by atoms with Gasteiger partial charge in [0.15, 0.2) is 5.16 Å². The van der Waals surface area contributed by atoms with E-state index < -0.39 is 0 Å². The van der Waals surface area contributed by atoms with Crippen molar-refractivity contribution in [3.8, 4) is 16.9 Å². The van der Waals surface area contributed by atoms with E-state index in [2.05, 4.69) is 9.97 Å². The summed E-state index contributed by atoms with van der Waals surface area (Å²) in [5.41, 5.74) is 2.69. The Kier molecular flexibility index (Phi) is 3.50. The highest BCUT2D eigenvalue weighted by molar-refractivity contribution is 7.98. The third-order valence-corrected chi connectivity index (χ3v) is 4.55. The van der Waals surface area contributed by atoms with Gasteiger partial charge in [-0.25, -0.2) is 4.98 Å². The van der Waals surface area contributed by atoms with E-state index in [9.17, 15) is 4.79 Å². The zero-order valence-electron chi connectivity index (χ0n) is 11.0. The third-order valence-electron chi connectivity index (χ3n) is 3.00. The van der Waals surface area contributed by atoms with Gasteiger partial charge in [-0.3, -0.25) is 4.79 Å². The molecule has 2 aromatic heterocycles. The molecule has 0 fully saturated rings. The van der Waals surface area contributed by atoms with Crippen LogP contribution in [0.2, 0.25) is 0 Å². The zero-order chi connectivity index (χ0) is 14.1. The van der Waals surface area contributed by atoms with Crippen molar-refractivity contribution in [1.82, 2.24) is 9.97 Å². The minimum Gasteiger partial charge on any atom is -0.497 e. The molecule has 0 aliphatic carbocycles. The number of fused-ring (bicyclic) bond motifs is 1. The Morgan fingerprint density at radius 2 is 2.05 bits per heavy atom. The first-order valence-corrected chi connectivity index (χ1v) is 8.03. The number of methoxy groups -OCH3 is 1. The molecule has 0 aliphatic rings. The number of rotatable bonds is 3. The molecule has 0 bridgehead atoms. The Morgan fingerprint density at radius 1 is 1.30 bits per heavy atom. The van der Waals surface area contributed by atoms with Crippen LogP contribution < -0.4 is 10.3 Å². The second kappa shape index (κ2) is 5.30. The average Bonchev–Trinajstić information content (AvgIpc) is 2.91. The van der Waals surface area contributed by atoms with Gasteiger partial charge in [0.25, 0.3) is 5.56 Å². The minimum atomic E-state index is -0.0795. The molecule has 1 N–H and O–H groups in total. The molecule has 1 aromatic carbocycles. The summed E-state index contributed by atoms with van der Waals surface area (Å²) in [6.45, 7) is 0. The average molecular weight is 304 g/mol. The molecule has 6 heteroatoms. The summed E-state index contributed by atoms with van der Waals surface area (Å²) in [4.78, 5) is 19.3. The molecule has 0 aliphatic heterocycles. The number of thioether (sulfide) groups is 1. The van der Waals surface area contributed by atoms with Crippen LogP contribution in [0.1, 0.15) is 0 Å².